The predicted octanol–water partition coefficient (Wildman–Crippen LogP) is -0.258. The maximum atomic E-state index is 11.8. The van der Waals surface area contributed by atoms with Crippen LogP contribution in [0.3, 0.4) is 0 Å². The second-order valence-electron chi connectivity index (χ2n) is 4.93. The molecule has 2 heterocycles. The van der Waals surface area contributed by atoms with Gasteiger partial charge in [-0.15, -0.1) is 0 Å². The molecule has 0 aromatic heterocycles. The Morgan fingerprint density at radius 1 is 1.33 bits per heavy atom. The molecular weight excluding hydrogens is 232 g/mol. The third kappa shape index (κ3) is 2.93. The number of carbonyl (C=O) groups is 2. The number of nitrogens with one attached hydrogen (secondary N) is 1. The van der Waals surface area contributed by atoms with Crippen LogP contribution in [0.1, 0.15) is 25.7 Å². The van der Waals surface area contributed by atoms with Gasteiger partial charge in [-0.05, 0) is 25.8 Å². The molecule has 6 nitrogen and oxygen atoms in total. The van der Waals surface area contributed by atoms with Crippen LogP contribution in [-0.2, 0) is 4.79 Å². The molecule has 0 aromatic carbocycles. The van der Waals surface area contributed by atoms with Gasteiger partial charge >= 0.3 is 6.03 Å². The Bertz CT molecular complexity index is 313. The number of carbonyl (C=O) groups excluding carboxylic acids is 2. The van der Waals surface area contributed by atoms with Crippen molar-refractivity contribution in [2.24, 2.45) is 5.73 Å². The third-order valence-electron chi connectivity index (χ3n) is 3.74. The highest BCUT2D eigenvalue weighted by atomic mass is 16.2. The normalized spacial score (nSPS) is 21.3. The molecule has 3 N–H and O–H groups in total. The molecule has 0 saturated carbocycles. The molecule has 2 aliphatic heterocycles. The number of hydrogen-bond donors (Lipinski definition) is 2. The first-order valence-electron chi connectivity index (χ1n) is 6.74. The smallest absolute Gasteiger partial charge is 0.317 e. The van der Waals surface area contributed by atoms with Crippen molar-refractivity contribution in [3.8, 4) is 0 Å². The van der Waals surface area contributed by atoms with Gasteiger partial charge in [-0.3, -0.25) is 4.79 Å². The highest BCUT2D eigenvalue weighted by Crippen LogP contribution is 2.18. The predicted molar refractivity (Wildman–Crippen MR) is 68.0 cm³/mol. The molecular formula is C12H22N4O2. The third-order valence-corrected chi connectivity index (χ3v) is 3.74. The maximum Gasteiger partial charge on any atom is 0.317 e. The minimum Gasteiger partial charge on any atom is -0.343 e. The van der Waals surface area contributed by atoms with Crippen LogP contribution in [-0.4, -0.2) is 60.5 Å². The number of urea groups is 1. The molecule has 0 radical (unpaired) electrons. The van der Waals surface area contributed by atoms with E-state index in [0.29, 0.717) is 19.0 Å². The van der Waals surface area contributed by atoms with Gasteiger partial charge in [-0.1, -0.05) is 0 Å². The Morgan fingerprint density at radius 2 is 2.06 bits per heavy atom. The maximum absolute atomic E-state index is 11.8. The Morgan fingerprint density at radius 3 is 2.61 bits per heavy atom. The summed E-state index contributed by atoms with van der Waals surface area (Å²) in [5, 5.41) is 2.82. The molecule has 0 unspecified atom stereocenters. The summed E-state index contributed by atoms with van der Waals surface area (Å²) >= 11 is 0. The highest BCUT2D eigenvalue weighted by Gasteiger charge is 2.31. The quantitative estimate of drug-likeness (QED) is 0.725. The first kappa shape index (κ1) is 13.1. The molecule has 2 rings (SSSR count). The minimum absolute atomic E-state index is 0.0444. The topological polar surface area (TPSA) is 78.7 Å². The Hall–Kier alpha value is -1.30. The van der Waals surface area contributed by atoms with Gasteiger partial charge in [0.1, 0.15) is 0 Å². The van der Waals surface area contributed by atoms with E-state index in [4.69, 9.17) is 5.73 Å². The lowest BCUT2D eigenvalue weighted by Gasteiger charge is -2.36. The zero-order valence-corrected chi connectivity index (χ0v) is 10.7. The molecule has 0 aliphatic carbocycles. The van der Waals surface area contributed by atoms with Crippen molar-refractivity contribution in [2.75, 3.05) is 32.7 Å². The van der Waals surface area contributed by atoms with Gasteiger partial charge in [0.15, 0.2) is 0 Å². The lowest BCUT2D eigenvalue weighted by molar-refractivity contribution is -0.132. The second kappa shape index (κ2) is 6.04. The number of likely N-dealkylation sites (tertiary alicyclic amines) is 1. The van der Waals surface area contributed by atoms with Gasteiger partial charge in [-0.2, -0.15) is 0 Å². The molecule has 2 fully saturated rings. The van der Waals surface area contributed by atoms with E-state index >= 15 is 0 Å². The Kier molecular flexibility index (Phi) is 4.41. The lowest BCUT2D eigenvalue weighted by Crippen LogP contribution is -2.47. The number of nitrogens with zero attached hydrogens (tertiary/aromatic N) is 2. The number of amides is 3. The van der Waals surface area contributed by atoms with Crippen LogP contribution in [0, 0.1) is 0 Å². The zero-order valence-electron chi connectivity index (χ0n) is 10.7. The second-order valence-corrected chi connectivity index (χ2v) is 4.93. The van der Waals surface area contributed by atoms with Crippen molar-refractivity contribution in [1.82, 2.24) is 15.1 Å². The fraction of sp³-hybridized carbons (Fsp3) is 0.833. The summed E-state index contributed by atoms with van der Waals surface area (Å²) in [5.41, 5.74) is 5.40. The van der Waals surface area contributed by atoms with E-state index in [0.717, 1.165) is 45.4 Å². The van der Waals surface area contributed by atoms with Crippen LogP contribution >= 0.6 is 0 Å². The molecule has 6 heteroatoms. The monoisotopic (exact) mass is 254 g/mol. The van der Waals surface area contributed by atoms with E-state index < -0.39 is 0 Å². The van der Waals surface area contributed by atoms with Crippen LogP contribution in [0.2, 0.25) is 0 Å². The van der Waals surface area contributed by atoms with E-state index in [1.54, 1.807) is 0 Å². The van der Waals surface area contributed by atoms with Crippen LogP contribution in [0.5, 0.6) is 0 Å². The van der Waals surface area contributed by atoms with Crippen LogP contribution in [0.25, 0.3) is 0 Å². The fourth-order valence-electron chi connectivity index (χ4n) is 2.67. The minimum atomic E-state index is 0.0444. The molecule has 0 atom stereocenters. The lowest BCUT2D eigenvalue weighted by atomic mass is 10.0. The number of nitrogens with two attached hydrogens (primary N) is 1. The van der Waals surface area contributed by atoms with E-state index in [1.807, 2.05) is 9.80 Å². The molecule has 3 amide bonds. The number of piperidine rings is 1. The summed E-state index contributed by atoms with van der Waals surface area (Å²) in [6.07, 6.45) is 3.09. The fourth-order valence-corrected chi connectivity index (χ4v) is 2.67. The van der Waals surface area contributed by atoms with E-state index in [9.17, 15) is 9.59 Å². The largest absolute Gasteiger partial charge is 0.343 e. The summed E-state index contributed by atoms with van der Waals surface area (Å²) < 4.78 is 0. The molecule has 0 spiro atoms. The summed E-state index contributed by atoms with van der Waals surface area (Å²) in [7, 11) is 0. The summed E-state index contributed by atoms with van der Waals surface area (Å²) in [5.74, 6) is 0.199. The van der Waals surface area contributed by atoms with Gasteiger partial charge in [0.05, 0.1) is 0 Å². The van der Waals surface area contributed by atoms with Crippen LogP contribution < -0.4 is 11.1 Å². The van der Waals surface area contributed by atoms with Crippen molar-refractivity contribution in [2.45, 2.75) is 31.7 Å². The van der Waals surface area contributed by atoms with Crippen molar-refractivity contribution in [1.29, 1.82) is 0 Å². The average molecular weight is 254 g/mol. The van der Waals surface area contributed by atoms with E-state index in [2.05, 4.69) is 5.32 Å². The van der Waals surface area contributed by atoms with E-state index in [1.165, 1.54) is 0 Å². The highest BCUT2D eigenvalue weighted by molar-refractivity contribution is 5.77. The molecule has 18 heavy (non-hydrogen) atoms. The molecule has 102 valence electrons. The summed E-state index contributed by atoms with van der Waals surface area (Å²) in [4.78, 5) is 27.2. The van der Waals surface area contributed by atoms with Crippen molar-refractivity contribution < 1.29 is 9.59 Å². The number of hydrogen-bond acceptors (Lipinski definition) is 3. The van der Waals surface area contributed by atoms with Crippen molar-refractivity contribution in [3.05, 3.63) is 0 Å². The van der Waals surface area contributed by atoms with Gasteiger partial charge in [0.2, 0.25) is 5.91 Å². The standard InChI is InChI=1S/C12H22N4O2/c13-5-1-2-11(17)15-7-3-10(4-8-15)16-9-6-14-12(16)18/h10H,1-9,13H2,(H,14,18). The Balaban J connectivity index is 1.77. The zero-order chi connectivity index (χ0) is 13.0. The first-order chi connectivity index (χ1) is 8.72. The van der Waals surface area contributed by atoms with Gasteiger partial charge in [0.25, 0.3) is 0 Å². The van der Waals surface area contributed by atoms with E-state index in [-0.39, 0.29) is 11.9 Å². The van der Waals surface area contributed by atoms with Crippen molar-refractivity contribution >= 4 is 11.9 Å². The number of rotatable bonds is 4. The molecule has 2 saturated heterocycles. The first-order valence-corrected chi connectivity index (χ1v) is 6.74. The van der Waals surface area contributed by atoms with Gasteiger partial charge < -0.3 is 20.9 Å². The Labute approximate surface area is 107 Å². The van der Waals surface area contributed by atoms with Crippen molar-refractivity contribution in [3.63, 3.8) is 0 Å². The molecule has 2 aliphatic rings. The van der Waals surface area contributed by atoms with Crippen LogP contribution in [0.4, 0.5) is 4.79 Å². The molecule has 0 aromatic rings. The van der Waals surface area contributed by atoms with Crippen LogP contribution in [0.15, 0.2) is 0 Å². The SMILES string of the molecule is NCCCC(=O)N1CCC(N2CCNC2=O)CC1. The summed E-state index contributed by atoms with van der Waals surface area (Å²) in [6, 6.07) is 0.342. The molecule has 0 bridgehead atoms. The summed E-state index contributed by atoms with van der Waals surface area (Å²) in [6.45, 7) is 3.63. The van der Waals surface area contributed by atoms with Gasteiger partial charge in [0, 0.05) is 38.6 Å². The van der Waals surface area contributed by atoms with Gasteiger partial charge in [-0.25, -0.2) is 4.79 Å². The average Bonchev–Trinajstić information content (AvgIpc) is 2.82.